The van der Waals surface area contributed by atoms with E-state index in [1.54, 1.807) is 17.0 Å². The van der Waals surface area contributed by atoms with Gasteiger partial charge in [0.1, 0.15) is 0 Å². The molecule has 5 heteroatoms. The third-order valence-electron chi connectivity index (χ3n) is 4.85. The highest BCUT2D eigenvalue weighted by atomic mass is 79.9. The maximum atomic E-state index is 12.4. The van der Waals surface area contributed by atoms with Gasteiger partial charge in [-0.2, -0.15) is 0 Å². The van der Waals surface area contributed by atoms with E-state index in [1.165, 1.54) is 16.0 Å². The second-order valence-electron chi connectivity index (χ2n) is 6.41. The number of quaternary nitrogens is 1. The van der Waals surface area contributed by atoms with Crippen LogP contribution in [-0.2, 0) is 4.79 Å². The molecular formula is C20H18BrN2O2+. The Kier molecular flexibility index (Phi) is 4.27. The first-order valence-electron chi connectivity index (χ1n) is 8.38. The minimum atomic E-state index is -0.424. The summed E-state index contributed by atoms with van der Waals surface area (Å²) in [6, 6.07) is 15.8. The van der Waals surface area contributed by atoms with E-state index in [1.807, 2.05) is 12.1 Å². The number of Topliss-reactive ketones (excluding diaryl/α,β-unsaturated/α-hetero) is 1. The maximum Gasteiger partial charge on any atom is 0.303 e. The van der Waals surface area contributed by atoms with Crippen LogP contribution in [0.5, 0.6) is 0 Å². The first-order chi connectivity index (χ1) is 12.1. The second-order valence-corrected chi connectivity index (χ2v) is 7.26. The normalized spacial score (nSPS) is 19.8. The van der Waals surface area contributed by atoms with Gasteiger partial charge in [-0.15, -0.1) is 0 Å². The van der Waals surface area contributed by atoms with Crippen LogP contribution < -0.4 is 9.80 Å². The Labute approximate surface area is 154 Å². The standard InChI is InChI=1S/C20H17BrN2O2/c21-17-8-4-7-16-18(17)23(20(25)19(16)24)13-22-11-9-15(10-12-22)14-5-2-1-3-6-14/h1-9H,10-13H2/p+1. The first kappa shape index (κ1) is 16.2. The average molecular weight is 398 g/mol. The summed E-state index contributed by atoms with van der Waals surface area (Å²) in [5, 5.41) is 0. The van der Waals surface area contributed by atoms with Crippen LogP contribution >= 0.6 is 15.9 Å². The molecule has 1 N–H and O–H groups in total. The zero-order chi connectivity index (χ0) is 17.4. The number of hydrogen-bond donors (Lipinski definition) is 1. The summed E-state index contributed by atoms with van der Waals surface area (Å²) in [7, 11) is 0. The van der Waals surface area contributed by atoms with Crippen LogP contribution in [0.4, 0.5) is 5.69 Å². The number of carbonyl (C=O) groups is 2. The van der Waals surface area contributed by atoms with Gasteiger partial charge in [-0.1, -0.05) is 36.4 Å². The topological polar surface area (TPSA) is 41.8 Å². The molecule has 0 saturated carbocycles. The Hall–Kier alpha value is -2.24. The van der Waals surface area contributed by atoms with Crippen LogP contribution in [0.3, 0.4) is 0 Å². The molecule has 0 fully saturated rings. The molecule has 2 aliphatic rings. The fraction of sp³-hybridized carbons (Fsp3) is 0.200. The third-order valence-corrected chi connectivity index (χ3v) is 5.49. The SMILES string of the molecule is O=C1C(=O)N(C[NH+]2CC=C(c3ccccc3)CC2)c2c(Br)cccc21. The maximum absolute atomic E-state index is 12.4. The van der Waals surface area contributed by atoms with E-state index in [9.17, 15) is 9.59 Å². The molecular weight excluding hydrogens is 380 g/mol. The number of carbonyl (C=O) groups excluding carboxylic acids is 2. The van der Waals surface area contributed by atoms with Crippen LogP contribution in [0.25, 0.3) is 5.57 Å². The van der Waals surface area contributed by atoms with Crippen molar-refractivity contribution in [2.75, 3.05) is 24.7 Å². The van der Waals surface area contributed by atoms with E-state index in [2.05, 4.69) is 46.3 Å². The van der Waals surface area contributed by atoms with E-state index in [4.69, 9.17) is 0 Å². The zero-order valence-electron chi connectivity index (χ0n) is 13.7. The van der Waals surface area contributed by atoms with Crippen LogP contribution in [0.15, 0.2) is 59.1 Å². The number of rotatable bonds is 3. The Bertz CT molecular complexity index is 877. The molecule has 0 bridgehead atoms. The molecule has 2 aromatic rings. The summed E-state index contributed by atoms with van der Waals surface area (Å²) in [5.41, 5.74) is 3.83. The molecule has 0 aliphatic carbocycles. The molecule has 126 valence electrons. The van der Waals surface area contributed by atoms with Gasteiger partial charge in [0.2, 0.25) is 0 Å². The van der Waals surface area contributed by atoms with E-state index in [-0.39, 0.29) is 0 Å². The van der Waals surface area contributed by atoms with Crippen LogP contribution in [-0.4, -0.2) is 31.4 Å². The van der Waals surface area contributed by atoms with Gasteiger partial charge in [0.15, 0.2) is 6.67 Å². The largest absolute Gasteiger partial charge is 0.314 e. The van der Waals surface area contributed by atoms with Gasteiger partial charge in [-0.25, -0.2) is 0 Å². The van der Waals surface area contributed by atoms with Gasteiger partial charge in [0, 0.05) is 10.9 Å². The monoisotopic (exact) mass is 397 g/mol. The Morgan fingerprint density at radius 1 is 1.04 bits per heavy atom. The van der Waals surface area contributed by atoms with E-state index in [0.29, 0.717) is 17.9 Å². The molecule has 2 heterocycles. The predicted octanol–water partition coefficient (Wildman–Crippen LogP) is 2.31. The summed E-state index contributed by atoms with van der Waals surface area (Å²) < 4.78 is 0.793. The third kappa shape index (κ3) is 2.94. The van der Waals surface area contributed by atoms with Gasteiger partial charge in [0.25, 0.3) is 5.78 Å². The van der Waals surface area contributed by atoms with Gasteiger partial charge in [-0.05, 0) is 45.3 Å². The Morgan fingerprint density at radius 3 is 2.56 bits per heavy atom. The van der Waals surface area contributed by atoms with Crippen molar-refractivity contribution in [2.45, 2.75) is 6.42 Å². The van der Waals surface area contributed by atoms with E-state index < -0.39 is 11.7 Å². The van der Waals surface area contributed by atoms with Crippen molar-refractivity contribution in [3.8, 4) is 0 Å². The number of ketones is 1. The van der Waals surface area contributed by atoms with Gasteiger partial charge in [0.05, 0.1) is 24.3 Å². The van der Waals surface area contributed by atoms with Crippen molar-refractivity contribution in [1.29, 1.82) is 0 Å². The molecule has 1 unspecified atom stereocenters. The molecule has 0 saturated heterocycles. The number of benzene rings is 2. The van der Waals surface area contributed by atoms with Gasteiger partial charge < -0.3 is 4.90 Å². The lowest BCUT2D eigenvalue weighted by Crippen LogP contribution is -3.14. The van der Waals surface area contributed by atoms with Crippen molar-refractivity contribution >= 4 is 38.9 Å². The predicted molar refractivity (Wildman–Crippen MR) is 101 cm³/mol. The van der Waals surface area contributed by atoms with Crippen molar-refractivity contribution in [2.24, 2.45) is 0 Å². The summed E-state index contributed by atoms with van der Waals surface area (Å²) in [4.78, 5) is 27.5. The molecule has 1 amide bonds. The lowest BCUT2D eigenvalue weighted by Gasteiger charge is -2.28. The van der Waals surface area contributed by atoms with Crippen molar-refractivity contribution in [3.05, 3.63) is 70.2 Å². The molecule has 0 spiro atoms. The Morgan fingerprint density at radius 2 is 1.84 bits per heavy atom. The highest BCUT2D eigenvalue weighted by Gasteiger charge is 2.39. The summed E-state index contributed by atoms with van der Waals surface area (Å²) in [5.74, 6) is -0.833. The number of anilines is 1. The summed E-state index contributed by atoms with van der Waals surface area (Å²) in [6.45, 7) is 2.30. The average Bonchev–Trinajstić information content (AvgIpc) is 2.89. The number of nitrogens with one attached hydrogen (secondary N) is 1. The highest BCUT2D eigenvalue weighted by Crippen LogP contribution is 2.35. The molecule has 4 nitrogen and oxygen atoms in total. The number of amides is 1. The molecule has 4 rings (SSSR count). The zero-order valence-corrected chi connectivity index (χ0v) is 15.3. The molecule has 2 aliphatic heterocycles. The number of nitrogens with zero attached hydrogens (tertiary/aromatic N) is 1. The van der Waals surface area contributed by atoms with E-state index >= 15 is 0 Å². The van der Waals surface area contributed by atoms with Crippen LogP contribution in [0, 0.1) is 0 Å². The molecule has 0 radical (unpaired) electrons. The van der Waals surface area contributed by atoms with Crippen LogP contribution in [0.2, 0.25) is 0 Å². The number of para-hydroxylation sites is 1. The fourth-order valence-corrected chi connectivity index (χ4v) is 4.11. The summed E-state index contributed by atoms with van der Waals surface area (Å²) >= 11 is 3.48. The molecule has 1 atom stereocenters. The Balaban J connectivity index is 1.52. The molecule has 2 aromatic carbocycles. The van der Waals surface area contributed by atoms with Crippen molar-refractivity contribution in [1.82, 2.24) is 0 Å². The van der Waals surface area contributed by atoms with Crippen molar-refractivity contribution < 1.29 is 14.5 Å². The first-order valence-corrected chi connectivity index (χ1v) is 9.17. The number of fused-ring (bicyclic) bond motifs is 1. The minimum absolute atomic E-state index is 0.409. The number of hydrogen-bond acceptors (Lipinski definition) is 2. The van der Waals surface area contributed by atoms with Crippen LogP contribution in [0.1, 0.15) is 22.3 Å². The minimum Gasteiger partial charge on any atom is -0.314 e. The van der Waals surface area contributed by atoms with Gasteiger partial charge in [-0.3, -0.25) is 14.5 Å². The lowest BCUT2D eigenvalue weighted by atomic mass is 10.00. The van der Waals surface area contributed by atoms with Gasteiger partial charge >= 0.3 is 5.91 Å². The molecule has 0 aromatic heterocycles. The van der Waals surface area contributed by atoms with E-state index in [0.717, 1.165) is 24.0 Å². The smallest absolute Gasteiger partial charge is 0.303 e. The molecule has 25 heavy (non-hydrogen) atoms. The quantitative estimate of drug-likeness (QED) is 0.807. The number of halogens is 1. The lowest BCUT2D eigenvalue weighted by molar-refractivity contribution is -0.893. The second kappa shape index (κ2) is 6.58. The van der Waals surface area contributed by atoms with Crippen molar-refractivity contribution in [3.63, 3.8) is 0 Å². The highest BCUT2D eigenvalue weighted by molar-refractivity contribution is 9.10. The summed E-state index contributed by atoms with van der Waals surface area (Å²) in [6.07, 6.45) is 3.22. The fourth-order valence-electron chi connectivity index (χ4n) is 3.53.